The van der Waals surface area contributed by atoms with Crippen LogP contribution < -0.4 is 0 Å². The van der Waals surface area contributed by atoms with Crippen LogP contribution in [0.3, 0.4) is 0 Å². The number of para-hydroxylation sites is 1. The number of rotatable bonds is 5. The Morgan fingerprint density at radius 3 is 2.40 bits per heavy atom. The van der Waals surface area contributed by atoms with E-state index < -0.39 is 16.0 Å². The number of hydrogen-bond acceptors (Lipinski definition) is 3. The number of carbonyl (C=O) groups is 1. The summed E-state index contributed by atoms with van der Waals surface area (Å²) in [6.45, 7) is 5.50. The summed E-state index contributed by atoms with van der Waals surface area (Å²) in [6.07, 6.45) is 1.63. The van der Waals surface area contributed by atoms with Crippen LogP contribution in [0.25, 0.3) is 10.9 Å². The minimum Gasteiger partial charge on any atom is -0.478 e. The van der Waals surface area contributed by atoms with Crippen molar-refractivity contribution in [3.63, 3.8) is 0 Å². The average Bonchev–Trinajstić information content (AvgIpc) is 2.90. The molecule has 6 heteroatoms. The van der Waals surface area contributed by atoms with Crippen LogP contribution in [0.2, 0.25) is 0 Å². The second kappa shape index (κ2) is 6.22. The molecular formula is C19H17NO4S. The molecule has 3 aromatic rings. The van der Waals surface area contributed by atoms with Crippen LogP contribution in [-0.2, 0) is 16.4 Å². The van der Waals surface area contributed by atoms with Crippen molar-refractivity contribution in [2.24, 2.45) is 0 Å². The van der Waals surface area contributed by atoms with Crippen molar-refractivity contribution in [2.45, 2.75) is 18.2 Å². The van der Waals surface area contributed by atoms with E-state index in [9.17, 15) is 18.3 Å². The fraction of sp³-hybridized carbons (Fsp3) is 0.105. The van der Waals surface area contributed by atoms with Crippen molar-refractivity contribution in [1.29, 1.82) is 0 Å². The van der Waals surface area contributed by atoms with Gasteiger partial charge in [-0.15, -0.1) is 6.58 Å². The fourth-order valence-corrected chi connectivity index (χ4v) is 4.48. The molecule has 0 aliphatic heterocycles. The first-order valence-electron chi connectivity index (χ1n) is 7.66. The lowest BCUT2D eigenvalue weighted by Gasteiger charge is -2.12. The average molecular weight is 355 g/mol. The van der Waals surface area contributed by atoms with Gasteiger partial charge in [-0.25, -0.2) is 17.2 Å². The summed E-state index contributed by atoms with van der Waals surface area (Å²) in [6, 6.07) is 13.1. The van der Waals surface area contributed by atoms with Crippen LogP contribution in [0.15, 0.2) is 66.1 Å². The first-order chi connectivity index (χ1) is 11.9. The van der Waals surface area contributed by atoms with Crippen molar-refractivity contribution in [2.75, 3.05) is 0 Å². The molecule has 1 N–H and O–H groups in total. The molecule has 0 fully saturated rings. The zero-order valence-corrected chi connectivity index (χ0v) is 14.5. The van der Waals surface area contributed by atoms with E-state index in [0.29, 0.717) is 10.9 Å². The molecule has 0 spiro atoms. The van der Waals surface area contributed by atoms with Gasteiger partial charge in [-0.3, -0.25) is 0 Å². The van der Waals surface area contributed by atoms with Gasteiger partial charge in [-0.2, -0.15) is 0 Å². The highest BCUT2D eigenvalue weighted by Crippen LogP contribution is 2.31. The molecule has 1 heterocycles. The lowest BCUT2D eigenvalue weighted by molar-refractivity contribution is 0.0698. The predicted octanol–water partition coefficient (Wildman–Crippen LogP) is 3.61. The molecule has 0 aliphatic carbocycles. The van der Waals surface area contributed by atoms with Gasteiger partial charge in [0.15, 0.2) is 0 Å². The molecule has 128 valence electrons. The second-order valence-corrected chi connectivity index (χ2v) is 7.51. The summed E-state index contributed by atoms with van der Waals surface area (Å²) in [5, 5.41) is 10.0. The maximum absolute atomic E-state index is 13.2. The normalized spacial score (nSPS) is 11.6. The van der Waals surface area contributed by atoms with E-state index in [0.717, 1.165) is 9.54 Å². The Labute approximate surface area is 145 Å². The zero-order valence-electron chi connectivity index (χ0n) is 13.6. The molecule has 0 radical (unpaired) electrons. The number of hydrogen-bond donors (Lipinski definition) is 1. The van der Waals surface area contributed by atoms with Gasteiger partial charge in [-0.1, -0.05) is 42.0 Å². The zero-order chi connectivity index (χ0) is 18.2. The predicted molar refractivity (Wildman–Crippen MR) is 96.6 cm³/mol. The standard InChI is InChI=1S/C19H17NO4S/c1-3-6-17-18(19(21)22)15-7-4-5-8-16(15)20(17)25(23,24)14-11-9-13(2)10-12-14/h3-5,7-12H,1,6H2,2H3,(H,21,22). The highest BCUT2D eigenvalue weighted by molar-refractivity contribution is 7.90. The SMILES string of the molecule is C=CCc1c(C(=O)O)c2ccccc2n1S(=O)(=O)c1ccc(C)cc1. The first-order valence-corrected chi connectivity index (χ1v) is 9.10. The number of fused-ring (bicyclic) bond motifs is 1. The van der Waals surface area contributed by atoms with E-state index in [-0.39, 0.29) is 22.6 Å². The molecule has 0 amide bonds. The van der Waals surface area contributed by atoms with Crippen LogP contribution in [0.5, 0.6) is 0 Å². The molecule has 3 rings (SSSR count). The monoisotopic (exact) mass is 355 g/mol. The lowest BCUT2D eigenvalue weighted by atomic mass is 10.1. The maximum Gasteiger partial charge on any atom is 0.338 e. The van der Waals surface area contributed by atoms with Crippen molar-refractivity contribution in [1.82, 2.24) is 3.97 Å². The minimum atomic E-state index is -3.94. The Balaban J connectivity index is 2.42. The quantitative estimate of drug-likeness (QED) is 0.709. The molecule has 0 atom stereocenters. The summed E-state index contributed by atoms with van der Waals surface area (Å²) in [5.41, 5.74) is 1.47. The lowest BCUT2D eigenvalue weighted by Crippen LogP contribution is -2.17. The van der Waals surface area contributed by atoms with E-state index >= 15 is 0 Å². The summed E-state index contributed by atoms with van der Waals surface area (Å²) in [4.78, 5) is 11.9. The molecule has 0 aliphatic rings. The Hall–Kier alpha value is -2.86. The Morgan fingerprint density at radius 1 is 1.16 bits per heavy atom. The van der Waals surface area contributed by atoms with Crippen LogP contribution >= 0.6 is 0 Å². The van der Waals surface area contributed by atoms with Crippen LogP contribution in [0, 0.1) is 6.92 Å². The Kier molecular flexibility index (Phi) is 4.22. The minimum absolute atomic E-state index is 0.00816. The molecule has 0 saturated carbocycles. The summed E-state index contributed by atoms with van der Waals surface area (Å²) in [5.74, 6) is -1.16. The third-order valence-electron chi connectivity index (χ3n) is 4.04. The first kappa shape index (κ1) is 17.0. The van der Waals surface area contributed by atoms with E-state index in [2.05, 4.69) is 6.58 Å². The van der Waals surface area contributed by atoms with Crippen molar-refractivity contribution in [3.8, 4) is 0 Å². The smallest absolute Gasteiger partial charge is 0.338 e. The van der Waals surface area contributed by atoms with E-state index in [1.807, 2.05) is 6.92 Å². The highest BCUT2D eigenvalue weighted by Gasteiger charge is 2.28. The number of benzene rings is 2. The van der Waals surface area contributed by atoms with E-state index in [1.54, 1.807) is 36.4 Å². The van der Waals surface area contributed by atoms with Crippen molar-refractivity contribution < 1.29 is 18.3 Å². The second-order valence-electron chi connectivity index (χ2n) is 5.72. The number of aromatic nitrogens is 1. The van der Waals surface area contributed by atoms with Gasteiger partial charge in [0, 0.05) is 11.8 Å². The van der Waals surface area contributed by atoms with Crippen LogP contribution in [0.4, 0.5) is 0 Å². The van der Waals surface area contributed by atoms with Gasteiger partial charge >= 0.3 is 5.97 Å². The van der Waals surface area contributed by atoms with Gasteiger partial charge in [0.25, 0.3) is 10.0 Å². The molecule has 0 saturated heterocycles. The van der Waals surface area contributed by atoms with Crippen molar-refractivity contribution >= 4 is 26.9 Å². The highest BCUT2D eigenvalue weighted by atomic mass is 32.2. The third-order valence-corrected chi connectivity index (χ3v) is 5.80. The summed E-state index contributed by atoms with van der Waals surface area (Å²) < 4.78 is 27.6. The number of nitrogens with zero attached hydrogens (tertiary/aromatic N) is 1. The Bertz CT molecular complexity index is 1080. The van der Waals surface area contributed by atoms with Gasteiger partial charge in [0.1, 0.15) is 0 Å². The van der Waals surface area contributed by atoms with Gasteiger partial charge < -0.3 is 5.11 Å². The molecule has 0 bridgehead atoms. The molecule has 5 nitrogen and oxygen atoms in total. The van der Waals surface area contributed by atoms with E-state index in [4.69, 9.17) is 0 Å². The number of carboxylic acids is 1. The molecule has 2 aromatic carbocycles. The maximum atomic E-state index is 13.2. The van der Waals surface area contributed by atoms with Gasteiger partial charge in [0.05, 0.1) is 21.7 Å². The third kappa shape index (κ3) is 2.74. The number of allylic oxidation sites excluding steroid dienone is 1. The van der Waals surface area contributed by atoms with Crippen molar-refractivity contribution in [3.05, 3.63) is 78.0 Å². The molecular weight excluding hydrogens is 338 g/mol. The number of aromatic carboxylic acids is 1. The fourth-order valence-electron chi connectivity index (χ4n) is 2.92. The largest absolute Gasteiger partial charge is 0.478 e. The van der Waals surface area contributed by atoms with E-state index in [1.165, 1.54) is 18.2 Å². The molecule has 0 unspecified atom stereocenters. The van der Waals surface area contributed by atoms with Crippen LogP contribution in [-0.4, -0.2) is 23.5 Å². The summed E-state index contributed by atoms with van der Waals surface area (Å²) in [7, 11) is -3.94. The Morgan fingerprint density at radius 2 is 1.80 bits per heavy atom. The van der Waals surface area contributed by atoms with Gasteiger partial charge in [0.2, 0.25) is 0 Å². The van der Waals surface area contributed by atoms with Crippen LogP contribution in [0.1, 0.15) is 21.6 Å². The number of carboxylic acid groups (broad SMARTS) is 1. The topological polar surface area (TPSA) is 76.4 Å². The number of aryl methyl sites for hydroxylation is 1. The summed E-state index contributed by atoms with van der Waals surface area (Å²) >= 11 is 0. The molecule has 1 aromatic heterocycles. The molecule has 25 heavy (non-hydrogen) atoms. The van der Waals surface area contributed by atoms with Gasteiger partial charge in [-0.05, 0) is 25.1 Å².